The molecule has 0 spiro atoms. The minimum absolute atomic E-state index is 0.0978. The molecule has 0 aliphatic rings. The first-order chi connectivity index (χ1) is 8.16. The molecule has 17 heavy (non-hydrogen) atoms. The van der Waals surface area contributed by atoms with E-state index < -0.39 is 6.03 Å². The molecule has 0 atom stereocenters. The van der Waals surface area contributed by atoms with Crippen molar-refractivity contribution in [1.82, 2.24) is 10.6 Å². The van der Waals surface area contributed by atoms with Crippen LogP contribution in [0.4, 0.5) is 4.79 Å². The second-order valence-corrected chi connectivity index (χ2v) is 4.16. The molecule has 0 aliphatic heterocycles. The van der Waals surface area contributed by atoms with Gasteiger partial charge in [0.2, 0.25) is 5.91 Å². The van der Waals surface area contributed by atoms with E-state index in [1.54, 1.807) is 0 Å². The van der Waals surface area contributed by atoms with Gasteiger partial charge in [-0.2, -0.15) is 0 Å². The lowest BCUT2D eigenvalue weighted by atomic mass is 10.2. The van der Waals surface area contributed by atoms with Crippen molar-refractivity contribution in [2.24, 2.45) is 5.73 Å². The summed E-state index contributed by atoms with van der Waals surface area (Å²) in [5, 5.41) is 5.38. The Bertz CT molecular complexity index is 220. The molecule has 0 unspecified atom stereocenters. The van der Waals surface area contributed by atoms with Crippen LogP contribution in [0.15, 0.2) is 0 Å². The molecule has 0 saturated carbocycles. The van der Waals surface area contributed by atoms with Crippen LogP contribution in [0.3, 0.4) is 0 Å². The first kappa shape index (κ1) is 15.7. The van der Waals surface area contributed by atoms with Gasteiger partial charge in [0.05, 0.1) is 0 Å². The quantitative estimate of drug-likeness (QED) is 0.508. The van der Waals surface area contributed by atoms with Crippen LogP contribution in [0.25, 0.3) is 0 Å². The second kappa shape index (κ2) is 11.2. The zero-order valence-electron chi connectivity index (χ0n) is 10.8. The minimum Gasteiger partial charge on any atom is -0.356 e. The highest BCUT2D eigenvalue weighted by atomic mass is 16.2. The lowest BCUT2D eigenvalue weighted by molar-refractivity contribution is -0.121. The van der Waals surface area contributed by atoms with Crippen LogP contribution < -0.4 is 16.4 Å². The third kappa shape index (κ3) is 12.7. The number of nitrogens with one attached hydrogen (secondary N) is 2. The molecule has 0 aliphatic carbocycles. The third-order valence-electron chi connectivity index (χ3n) is 2.48. The Labute approximate surface area is 104 Å². The molecule has 0 heterocycles. The van der Waals surface area contributed by atoms with Crippen molar-refractivity contribution in [3.63, 3.8) is 0 Å². The molecule has 0 rings (SSSR count). The molecule has 5 nitrogen and oxygen atoms in total. The molecule has 0 bridgehead atoms. The van der Waals surface area contributed by atoms with Crippen molar-refractivity contribution in [2.45, 2.75) is 51.9 Å². The van der Waals surface area contributed by atoms with E-state index in [0.717, 1.165) is 25.8 Å². The molecule has 0 aromatic rings. The predicted molar refractivity (Wildman–Crippen MR) is 68.6 cm³/mol. The van der Waals surface area contributed by atoms with Crippen molar-refractivity contribution in [3.05, 3.63) is 0 Å². The van der Waals surface area contributed by atoms with Gasteiger partial charge in [0.1, 0.15) is 0 Å². The van der Waals surface area contributed by atoms with E-state index in [1.807, 2.05) is 0 Å². The molecular formula is C12H25N3O2. The highest BCUT2D eigenvalue weighted by Gasteiger charge is 2.00. The molecule has 5 heteroatoms. The van der Waals surface area contributed by atoms with Gasteiger partial charge in [-0.25, -0.2) is 4.79 Å². The summed E-state index contributed by atoms with van der Waals surface area (Å²) in [6.45, 7) is 3.48. The Morgan fingerprint density at radius 3 is 2.24 bits per heavy atom. The van der Waals surface area contributed by atoms with Gasteiger partial charge in [0.25, 0.3) is 0 Å². The van der Waals surface area contributed by atoms with Crippen molar-refractivity contribution in [3.8, 4) is 0 Å². The smallest absolute Gasteiger partial charge is 0.312 e. The van der Waals surface area contributed by atoms with Crippen LogP contribution in [-0.2, 0) is 4.79 Å². The lowest BCUT2D eigenvalue weighted by Gasteiger charge is -2.05. The van der Waals surface area contributed by atoms with E-state index >= 15 is 0 Å². The average molecular weight is 243 g/mol. The topological polar surface area (TPSA) is 84.2 Å². The van der Waals surface area contributed by atoms with E-state index in [0.29, 0.717) is 13.0 Å². The number of amides is 3. The van der Waals surface area contributed by atoms with Crippen LogP contribution in [0, 0.1) is 0 Å². The zero-order valence-corrected chi connectivity index (χ0v) is 10.8. The molecule has 100 valence electrons. The van der Waals surface area contributed by atoms with Gasteiger partial charge in [-0.15, -0.1) is 0 Å². The van der Waals surface area contributed by atoms with Crippen LogP contribution in [0.1, 0.15) is 51.9 Å². The highest BCUT2D eigenvalue weighted by Crippen LogP contribution is 1.98. The Kier molecular flexibility index (Phi) is 10.4. The monoisotopic (exact) mass is 243 g/mol. The van der Waals surface area contributed by atoms with Crippen molar-refractivity contribution in [1.29, 1.82) is 0 Å². The molecule has 0 aromatic carbocycles. The second-order valence-electron chi connectivity index (χ2n) is 4.16. The van der Waals surface area contributed by atoms with Gasteiger partial charge in [0.15, 0.2) is 0 Å². The number of hydrogen-bond donors (Lipinski definition) is 3. The van der Waals surface area contributed by atoms with Crippen molar-refractivity contribution < 1.29 is 9.59 Å². The van der Waals surface area contributed by atoms with Crippen LogP contribution in [0.2, 0.25) is 0 Å². The Morgan fingerprint density at radius 2 is 1.59 bits per heavy atom. The summed E-state index contributed by atoms with van der Waals surface area (Å²) in [7, 11) is 0. The lowest BCUT2D eigenvalue weighted by Crippen LogP contribution is -2.30. The van der Waals surface area contributed by atoms with Gasteiger partial charge in [-0.05, 0) is 19.3 Å². The fourth-order valence-electron chi connectivity index (χ4n) is 1.49. The van der Waals surface area contributed by atoms with Gasteiger partial charge < -0.3 is 16.4 Å². The average Bonchev–Trinajstić information content (AvgIpc) is 2.28. The standard InChI is InChI=1S/C12H25N3O2/c1-2-3-4-6-9-14-11(16)8-5-7-10-15-12(13)17/h2-10H2,1H3,(H,14,16)(H3,13,15,17). The fourth-order valence-corrected chi connectivity index (χ4v) is 1.49. The molecule has 0 aromatic heterocycles. The fraction of sp³-hybridized carbons (Fsp3) is 0.833. The normalized spacial score (nSPS) is 9.94. The third-order valence-corrected chi connectivity index (χ3v) is 2.48. The molecule has 0 radical (unpaired) electrons. The van der Waals surface area contributed by atoms with Gasteiger partial charge in [-0.3, -0.25) is 4.79 Å². The molecular weight excluding hydrogens is 218 g/mol. The number of urea groups is 1. The number of carbonyl (C=O) groups excluding carboxylic acids is 2. The number of rotatable bonds is 10. The van der Waals surface area contributed by atoms with Crippen molar-refractivity contribution >= 4 is 11.9 Å². The van der Waals surface area contributed by atoms with E-state index in [1.165, 1.54) is 19.3 Å². The SMILES string of the molecule is CCCCCCNC(=O)CCCCNC(N)=O. The maximum Gasteiger partial charge on any atom is 0.312 e. The first-order valence-electron chi connectivity index (χ1n) is 6.46. The first-order valence-corrected chi connectivity index (χ1v) is 6.46. The molecule has 4 N–H and O–H groups in total. The van der Waals surface area contributed by atoms with E-state index in [-0.39, 0.29) is 5.91 Å². The van der Waals surface area contributed by atoms with Crippen LogP contribution in [0.5, 0.6) is 0 Å². The van der Waals surface area contributed by atoms with Gasteiger partial charge >= 0.3 is 6.03 Å². The van der Waals surface area contributed by atoms with E-state index in [4.69, 9.17) is 5.73 Å². The van der Waals surface area contributed by atoms with Crippen molar-refractivity contribution in [2.75, 3.05) is 13.1 Å². The number of unbranched alkanes of at least 4 members (excludes halogenated alkanes) is 4. The largest absolute Gasteiger partial charge is 0.356 e. The Morgan fingerprint density at radius 1 is 0.941 bits per heavy atom. The summed E-state index contributed by atoms with van der Waals surface area (Å²) in [6.07, 6.45) is 6.76. The number of carbonyl (C=O) groups is 2. The Hall–Kier alpha value is -1.26. The van der Waals surface area contributed by atoms with Crippen LogP contribution >= 0.6 is 0 Å². The number of primary amides is 1. The highest BCUT2D eigenvalue weighted by molar-refractivity contribution is 5.75. The zero-order chi connectivity index (χ0) is 12.9. The maximum absolute atomic E-state index is 11.3. The molecule has 3 amide bonds. The van der Waals surface area contributed by atoms with E-state index in [2.05, 4.69) is 17.6 Å². The summed E-state index contributed by atoms with van der Waals surface area (Å²) in [5.74, 6) is 0.0978. The van der Waals surface area contributed by atoms with E-state index in [9.17, 15) is 9.59 Å². The van der Waals surface area contributed by atoms with Gasteiger partial charge in [-0.1, -0.05) is 26.2 Å². The maximum atomic E-state index is 11.3. The number of nitrogens with two attached hydrogens (primary N) is 1. The summed E-state index contributed by atoms with van der Waals surface area (Å²) in [4.78, 5) is 21.7. The summed E-state index contributed by atoms with van der Waals surface area (Å²) < 4.78 is 0. The number of hydrogen-bond acceptors (Lipinski definition) is 2. The molecule has 0 fully saturated rings. The van der Waals surface area contributed by atoms with Crippen LogP contribution in [-0.4, -0.2) is 25.0 Å². The van der Waals surface area contributed by atoms with Gasteiger partial charge in [0, 0.05) is 19.5 Å². The summed E-state index contributed by atoms with van der Waals surface area (Å²) in [6, 6.07) is -0.509. The molecule has 0 saturated heterocycles. The Balaban J connectivity index is 3.20. The summed E-state index contributed by atoms with van der Waals surface area (Å²) in [5.41, 5.74) is 4.91. The minimum atomic E-state index is -0.509. The predicted octanol–water partition coefficient (Wildman–Crippen LogP) is 1.52. The summed E-state index contributed by atoms with van der Waals surface area (Å²) >= 11 is 0.